The van der Waals surface area contributed by atoms with Gasteiger partial charge in [0.25, 0.3) is 0 Å². The van der Waals surface area contributed by atoms with Gasteiger partial charge in [-0.3, -0.25) is 9.97 Å². The lowest BCUT2D eigenvalue weighted by Crippen LogP contribution is -2.43. The zero-order chi connectivity index (χ0) is 27.6. The standard InChI is InChI=1S/C37H33N3/c1-35(2)26-8-7-9-27-32(26)40-33-28(35)18-24(22-10-14-38-15-11-22)20-30(33)37(5,6)31-21-25(23-12-16-39-17-13-23)19-29(34(31)40)36(27,3)4/h7-21H,1-6H3. The number of hydrogen-bond donors (Lipinski definition) is 0. The normalized spacial score (nSPS) is 17.8. The maximum atomic E-state index is 4.30. The highest BCUT2D eigenvalue weighted by atomic mass is 15.2. The van der Waals surface area contributed by atoms with Crippen molar-refractivity contribution in [1.29, 1.82) is 0 Å². The molecule has 0 unspecified atom stereocenters. The Balaban J connectivity index is 1.54. The van der Waals surface area contributed by atoms with Crippen LogP contribution in [0.25, 0.3) is 22.3 Å². The average Bonchev–Trinajstić information content (AvgIpc) is 2.96. The molecule has 5 heterocycles. The molecule has 5 aromatic rings. The van der Waals surface area contributed by atoms with E-state index in [4.69, 9.17) is 0 Å². The van der Waals surface area contributed by atoms with Gasteiger partial charge in [-0.1, -0.05) is 59.7 Å². The van der Waals surface area contributed by atoms with Gasteiger partial charge >= 0.3 is 0 Å². The first-order valence-corrected chi connectivity index (χ1v) is 14.2. The molecular weight excluding hydrogens is 486 g/mol. The quantitative estimate of drug-likeness (QED) is 0.233. The highest BCUT2D eigenvalue weighted by Crippen LogP contribution is 2.66. The molecule has 0 atom stereocenters. The van der Waals surface area contributed by atoms with Crippen LogP contribution in [0.1, 0.15) is 74.9 Å². The molecular formula is C37H33N3. The summed E-state index contributed by atoms with van der Waals surface area (Å²) in [5, 5.41) is 0. The average molecular weight is 520 g/mol. The highest BCUT2D eigenvalue weighted by Gasteiger charge is 2.51. The molecule has 0 amide bonds. The minimum atomic E-state index is -0.202. The van der Waals surface area contributed by atoms with Crippen molar-refractivity contribution >= 4 is 17.1 Å². The molecule has 196 valence electrons. The third-order valence-corrected chi connectivity index (χ3v) is 9.99. The number of rotatable bonds is 2. The Hall–Kier alpha value is -4.24. The minimum absolute atomic E-state index is 0.146. The molecule has 3 aliphatic rings. The van der Waals surface area contributed by atoms with E-state index in [9.17, 15) is 0 Å². The van der Waals surface area contributed by atoms with Gasteiger partial charge in [0, 0.05) is 41.0 Å². The topological polar surface area (TPSA) is 29.0 Å². The Labute approximate surface area is 236 Å². The van der Waals surface area contributed by atoms with Crippen molar-refractivity contribution in [3.05, 3.63) is 125 Å². The number of benzene rings is 3. The fourth-order valence-electron chi connectivity index (χ4n) is 7.64. The van der Waals surface area contributed by atoms with E-state index in [0.717, 1.165) is 0 Å². The molecule has 0 bridgehead atoms. The van der Waals surface area contributed by atoms with Crippen molar-refractivity contribution in [1.82, 2.24) is 9.97 Å². The first-order valence-electron chi connectivity index (χ1n) is 14.2. The van der Waals surface area contributed by atoms with E-state index in [1.807, 2.05) is 24.8 Å². The van der Waals surface area contributed by atoms with Crippen LogP contribution in [0.15, 0.2) is 91.5 Å². The van der Waals surface area contributed by atoms with Gasteiger partial charge < -0.3 is 4.90 Å². The molecule has 8 rings (SSSR count). The van der Waals surface area contributed by atoms with Gasteiger partial charge in [0.1, 0.15) is 0 Å². The molecule has 0 saturated heterocycles. The first-order chi connectivity index (χ1) is 19.1. The van der Waals surface area contributed by atoms with Crippen LogP contribution in [-0.4, -0.2) is 9.97 Å². The van der Waals surface area contributed by atoms with E-state index >= 15 is 0 Å². The number of aromatic nitrogens is 2. The van der Waals surface area contributed by atoms with Gasteiger partial charge in [0.05, 0.1) is 17.1 Å². The second kappa shape index (κ2) is 7.48. The summed E-state index contributed by atoms with van der Waals surface area (Å²) in [4.78, 5) is 11.2. The summed E-state index contributed by atoms with van der Waals surface area (Å²) in [6.45, 7) is 14.5. The number of para-hydroxylation sites is 1. The van der Waals surface area contributed by atoms with Crippen molar-refractivity contribution in [2.24, 2.45) is 0 Å². The fraction of sp³-hybridized carbons (Fsp3) is 0.243. The second-order valence-corrected chi connectivity index (χ2v) is 13.2. The molecule has 0 N–H and O–H groups in total. The zero-order valence-corrected chi connectivity index (χ0v) is 24.0. The van der Waals surface area contributed by atoms with Gasteiger partial charge in [-0.2, -0.15) is 0 Å². The van der Waals surface area contributed by atoms with Crippen molar-refractivity contribution in [2.75, 3.05) is 4.90 Å². The Morgan fingerprint density at radius 1 is 0.425 bits per heavy atom. The van der Waals surface area contributed by atoms with E-state index in [1.165, 1.54) is 72.7 Å². The lowest BCUT2D eigenvalue weighted by molar-refractivity contribution is 0.567. The second-order valence-electron chi connectivity index (χ2n) is 13.2. The molecule has 3 heteroatoms. The SMILES string of the molecule is CC1(C)c2cccc3c2N2c4c1cc(-c1ccncc1)cc4C(C)(C)c1cc(-c4ccncc4)cc(c12)C3(C)C. The van der Waals surface area contributed by atoms with E-state index in [0.29, 0.717) is 0 Å². The lowest BCUT2D eigenvalue weighted by atomic mass is 9.60. The van der Waals surface area contributed by atoms with Crippen LogP contribution in [0, 0.1) is 0 Å². The molecule has 0 radical (unpaired) electrons. The van der Waals surface area contributed by atoms with Crippen molar-refractivity contribution in [2.45, 2.75) is 57.8 Å². The minimum Gasteiger partial charge on any atom is -0.309 e. The summed E-state index contributed by atoms with van der Waals surface area (Å²) in [5.74, 6) is 0. The Bertz CT molecular complexity index is 1730. The largest absolute Gasteiger partial charge is 0.309 e. The maximum absolute atomic E-state index is 4.30. The molecule has 3 nitrogen and oxygen atoms in total. The molecule has 0 aliphatic carbocycles. The predicted octanol–water partition coefficient (Wildman–Crippen LogP) is 9.20. The molecule has 40 heavy (non-hydrogen) atoms. The number of anilines is 3. The van der Waals surface area contributed by atoms with Crippen LogP contribution >= 0.6 is 0 Å². The van der Waals surface area contributed by atoms with Crippen LogP contribution in [0.5, 0.6) is 0 Å². The van der Waals surface area contributed by atoms with Gasteiger partial charge in [-0.05, 0) is 104 Å². The monoisotopic (exact) mass is 519 g/mol. The Morgan fingerprint density at radius 3 is 1.12 bits per heavy atom. The van der Waals surface area contributed by atoms with Crippen LogP contribution in [0.4, 0.5) is 17.1 Å². The first kappa shape index (κ1) is 23.6. The van der Waals surface area contributed by atoms with E-state index in [2.05, 4.69) is 123 Å². The fourth-order valence-corrected chi connectivity index (χ4v) is 7.64. The molecule has 0 spiro atoms. The smallest absolute Gasteiger partial charge is 0.0544 e. The van der Waals surface area contributed by atoms with Gasteiger partial charge in [-0.15, -0.1) is 0 Å². The summed E-state index contributed by atoms with van der Waals surface area (Å²) in [6.07, 6.45) is 7.59. The van der Waals surface area contributed by atoms with Crippen LogP contribution in [0.3, 0.4) is 0 Å². The summed E-state index contributed by atoms with van der Waals surface area (Å²) in [6, 6.07) is 25.3. The maximum Gasteiger partial charge on any atom is 0.0544 e. The molecule has 3 aromatic carbocycles. The van der Waals surface area contributed by atoms with Crippen molar-refractivity contribution in [3.8, 4) is 22.3 Å². The van der Waals surface area contributed by atoms with Crippen molar-refractivity contribution < 1.29 is 0 Å². The molecule has 0 fully saturated rings. The van der Waals surface area contributed by atoms with Gasteiger partial charge in [0.15, 0.2) is 0 Å². The summed E-state index contributed by atoms with van der Waals surface area (Å²) in [5.41, 5.74) is 16.9. The van der Waals surface area contributed by atoms with E-state index in [-0.39, 0.29) is 16.2 Å². The summed E-state index contributed by atoms with van der Waals surface area (Å²) >= 11 is 0. The third-order valence-electron chi connectivity index (χ3n) is 9.99. The molecule has 0 saturated carbocycles. The molecule has 2 aromatic heterocycles. The van der Waals surface area contributed by atoms with Gasteiger partial charge in [-0.25, -0.2) is 0 Å². The Kier molecular flexibility index (Phi) is 4.42. The predicted molar refractivity (Wildman–Crippen MR) is 164 cm³/mol. The van der Waals surface area contributed by atoms with Crippen LogP contribution < -0.4 is 4.90 Å². The molecule has 3 aliphatic heterocycles. The summed E-state index contributed by atoms with van der Waals surface area (Å²) in [7, 11) is 0. The van der Waals surface area contributed by atoms with E-state index in [1.54, 1.807) is 0 Å². The van der Waals surface area contributed by atoms with Gasteiger partial charge in [0.2, 0.25) is 0 Å². The zero-order valence-electron chi connectivity index (χ0n) is 24.0. The lowest BCUT2D eigenvalue weighted by Gasteiger charge is -2.55. The van der Waals surface area contributed by atoms with Crippen LogP contribution in [-0.2, 0) is 16.2 Å². The third kappa shape index (κ3) is 2.80. The number of hydrogen-bond acceptors (Lipinski definition) is 3. The van der Waals surface area contributed by atoms with Crippen LogP contribution in [0.2, 0.25) is 0 Å². The number of pyridine rings is 2. The summed E-state index contributed by atoms with van der Waals surface area (Å²) < 4.78 is 0. The van der Waals surface area contributed by atoms with E-state index < -0.39 is 0 Å². The van der Waals surface area contributed by atoms with Crippen molar-refractivity contribution in [3.63, 3.8) is 0 Å². The Morgan fingerprint density at radius 2 is 0.750 bits per heavy atom. The number of nitrogens with zero attached hydrogens (tertiary/aromatic N) is 3. The highest BCUT2D eigenvalue weighted by molar-refractivity contribution is 6.00.